The van der Waals surface area contributed by atoms with Crippen LogP contribution in [0.3, 0.4) is 0 Å². The van der Waals surface area contributed by atoms with Gasteiger partial charge in [-0.05, 0) is 42.5 Å². The van der Waals surface area contributed by atoms with Gasteiger partial charge in [-0.15, -0.1) is 0 Å². The largest absolute Gasteiger partial charge is 0.455 e. The van der Waals surface area contributed by atoms with Gasteiger partial charge in [-0.1, -0.05) is 6.07 Å². The van der Waals surface area contributed by atoms with Gasteiger partial charge in [-0.25, -0.2) is 0 Å². The van der Waals surface area contributed by atoms with Crippen molar-refractivity contribution in [2.45, 2.75) is 0 Å². The maximum Gasteiger partial charge on any atom is 0.248 e. The lowest BCUT2D eigenvalue weighted by Gasteiger charge is -2.11. The van der Waals surface area contributed by atoms with Crippen LogP contribution in [0.4, 0.5) is 5.69 Å². The van der Waals surface area contributed by atoms with E-state index >= 15 is 0 Å². The number of benzene rings is 2. The van der Waals surface area contributed by atoms with Crippen molar-refractivity contribution in [2.24, 2.45) is 5.73 Å². The van der Waals surface area contributed by atoms with E-state index in [2.05, 4.69) is 4.98 Å². The summed E-state index contributed by atoms with van der Waals surface area (Å²) in [4.78, 5) is 15.4. The van der Waals surface area contributed by atoms with E-state index in [9.17, 15) is 4.79 Å². The van der Waals surface area contributed by atoms with Crippen molar-refractivity contribution in [1.29, 1.82) is 0 Å². The molecule has 104 valence electrons. The van der Waals surface area contributed by atoms with Gasteiger partial charge in [0.2, 0.25) is 5.91 Å². The zero-order valence-electron chi connectivity index (χ0n) is 11.1. The number of rotatable bonds is 3. The number of primary amides is 1. The van der Waals surface area contributed by atoms with E-state index in [0.29, 0.717) is 22.7 Å². The maximum absolute atomic E-state index is 11.2. The number of carbonyl (C=O) groups excluding carboxylic acids is 1. The number of amides is 1. The van der Waals surface area contributed by atoms with Gasteiger partial charge < -0.3 is 16.2 Å². The molecule has 0 bridgehead atoms. The number of nitrogens with zero attached hydrogens (tertiary/aromatic N) is 1. The predicted molar refractivity (Wildman–Crippen MR) is 81.2 cm³/mol. The predicted octanol–water partition coefficient (Wildman–Crippen LogP) is 2.71. The number of nitrogens with two attached hydrogens (primary N) is 2. The third-order valence-electron chi connectivity index (χ3n) is 3.13. The lowest BCUT2D eigenvalue weighted by molar-refractivity contribution is 0.1000. The first-order valence-corrected chi connectivity index (χ1v) is 6.36. The molecule has 5 nitrogen and oxygen atoms in total. The Morgan fingerprint density at radius 1 is 1.10 bits per heavy atom. The number of hydrogen-bond donors (Lipinski definition) is 2. The summed E-state index contributed by atoms with van der Waals surface area (Å²) in [5.41, 5.74) is 13.0. The van der Waals surface area contributed by atoms with Gasteiger partial charge in [0.05, 0.1) is 11.2 Å². The maximum atomic E-state index is 11.2. The number of nitrogen functional groups attached to an aromatic ring is 1. The van der Waals surface area contributed by atoms with E-state index in [0.717, 1.165) is 10.9 Å². The second-order valence-electron chi connectivity index (χ2n) is 4.54. The van der Waals surface area contributed by atoms with Crippen LogP contribution >= 0.6 is 0 Å². The van der Waals surface area contributed by atoms with Gasteiger partial charge in [0.25, 0.3) is 0 Å². The summed E-state index contributed by atoms with van der Waals surface area (Å²) in [5, 5.41) is 0.820. The minimum Gasteiger partial charge on any atom is -0.455 e. The summed E-state index contributed by atoms with van der Waals surface area (Å²) in [6.45, 7) is 0. The average molecular weight is 279 g/mol. The summed E-state index contributed by atoms with van der Waals surface area (Å²) in [5.74, 6) is 0.509. The zero-order valence-corrected chi connectivity index (χ0v) is 11.1. The van der Waals surface area contributed by atoms with E-state index in [4.69, 9.17) is 16.2 Å². The van der Waals surface area contributed by atoms with E-state index in [1.807, 2.05) is 18.2 Å². The molecule has 5 heteroatoms. The average Bonchev–Trinajstić information content (AvgIpc) is 2.51. The Kier molecular flexibility index (Phi) is 3.16. The van der Waals surface area contributed by atoms with Gasteiger partial charge in [0.15, 0.2) is 5.75 Å². The number of pyridine rings is 1. The molecule has 0 saturated carbocycles. The fourth-order valence-electron chi connectivity index (χ4n) is 2.08. The van der Waals surface area contributed by atoms with E-state index in [1.165, 1.54) is 0 Å². The fourth-order valence-corrected chi connectivity index (χ4v) is 2.08. The van der Waals surface area contributed by atoms with E-state index in [1.54, 1.807) is 36.5 Å². The monoisotopic (exact) mass is 279 g/mol. The Morgan fingerprint density at radius 3 is 2.76 bits per heavy atom. The molecule has 0 saturated heterocycles. The van der Waals surface area contributed by atoms with Crippen molar-refractivity contribution in [3.05, 3.63) is 60.3 Å². The molecule has 0 fully saturated rings. The smallest absolute Gasteiger partial charge is 0.248 e. The Morgan fingerprint density at radius 2 is 1.95 bits per heavy atom. The summed E-state index contributed by atoms with van der Waals surface area (Å²) in [6.07, 6.45) is 1.71. The van der Waals surface area contributed by atoms with Crippen LogP contribution in [-0.4, -0.2) is 10.9 Å². The first-order valence-electron chi connectivity index (χ1n) is 6.36. The molecule has 0 radical (unpaired) electrons. The highest BCUT2D eigenvalue weighted by Gasteiger charge is 2.08. The van der Waals surface area contributed by atoms with Crippen LogP contribution in [-0.2, 0) is 0 Å². The summed E-state index contributed by atoms with van der Waals surface area (Å²) in [7, 11) is 0. The van der Waals surface area contributed by atoms with Gasteiger partial charge in [0, 0.05) is 17.1 Å². The van der Waals surface area contributed by atoms with Crippen molar-refractivity contribution in [3.8, 4) is 11.5 Å². The topological polar surface area (TPSA) is 91.2 Å². The number of fused-ring (bicyclic) bond motifs is 1. The first kappa shape index (κ1) is 12.9. The molecule has 21 heavy (non-hydrogen) atoms. The van der Waals surface area contributed by atoms with Crippen LogP contribution in [0.2, 0.25) is 0 Å². The number of hydrogen-bond acceptors (Lipinski definition) is 4. The van der Waals surface area contributed by atoms with Gasteiger partial charge in [-0.3, -0.25) is 9.78 Å². The van der Waals surface area contributed by atoms with Crippen molar-refractivity contribution >= 4 is 22.5 Å². The molecule has 0 aliphatic heterocycles. The lowest BCUT2D eigenvalue weighted by atomic mass is 10.1. The van der Waals surface area contributed by atoms with Crippen LogP contribution in [0, 0.1) is 0 Å². The third-order valence-corrected chi connectivity index (χ3v) is 3.13. The highest BCUT2D eigenvalue weighted by Crippen LogP contribution is 2.33. The molecule has 1 heterocycles. The third kappa shape index (κ3) is 2.49. The summed E-state index contributed by atoms with van der Waals surface area (Å²) in [6, 6.07) is 13.9. The normalized spacial score (nSPS) is 10.5. The molecule has 0 unspecified atom stereocenters. The Balaban J connectivity index is 2.00. The molecule has 0 aliphatic carbocycles. The van der Waals surface area contributed by atoms with Crippen molar-refractivity contribution in [2.75, 3.05) is 5.73 Å². The standard InChI is InChI=1S/C16H13N3O2/c17-15-12-5-2-8-19-13(12)6-7-14(15)21-11-4-1-3-10(9-11)16(18)20/h1-9H,17H2,(H2,18,20). The molecule has 3 rings (SSSR count). The van der Waals surface area contributed by atoms with Crippen LogP contribution < -0.4 is 16.2 Å². The summed E-state index contributed by atoms with van der Waals surface area (Å²) >= 11 is 0. The number of anilines is 1. The fraction of sp³-hybridized carbons (Fsp3) is 0. The molecule has 3 aromatic rings. The first-order chi connectivity index (χ1) is 10.1. The van der Waals surface area contributed by atoms with Gasteiger partial charge in [-0.2, -0.15) is 0 Å². The second kappa shape index (κ2) is 5.13. The van der Waals surface area contributed by atoms with Crippen molar-refractivity contribution in [3.63, 3.8) is 0 Å². The highest BCUT2D eigenvalue weighted by molar-refractivity contribution is 5.94. The van der Waals surface area contributed by atoms with Gasteiger partial charge in [0.1, 0.15) is 5.75 Å². The Labute approximate surface area is 121 Å². The van der Waals surface area contributed by atoms with Crippen molar-refractivity contribution < 1.29 is 9.53 Å². The van der Waals surface area contributed by atoms with Gasteiger partial charge >= 0.3 is 0 Å². The Bertz CT molecular complexity index is 831. The van der Waals surface area contributed by atoms with Crippen LogP contribution in [0.5, 0.6) is 11.5 Å². The molecular weight excluding hydrogens is 266 g/mol. The number of ether oxygens (including phenoxy) is 1. The second-order valence-corrected chi connectivity index (χ2v) is 4.54. The lowest BCUT2D eigenvalue weighted by Crippen LogP contribution is -2.10. The molecule has 0 atom stereocenters. The SMILES string of the molecule is NC(=O)c1cccc(Oc2ccc3ncccc3c2N)c1. The molecule has 0 aliphatic rings. The number of carbonyl (C=O) groups is 1. The highest BCUT2D eigenvalue weighted by atomic mass is 16.5. The molecule has 4 N–H and O–H groups in total. The van der Waals surface area contributed by atoms with Crippen LogP contribution in [0.15, 0.2) is 54.7 Å². The molecule has 0 spiro atoms. The van der Waals surface area contributed by atoms with E-state index < -0.39 is 5.91 Å². The van der Waals surface area contributed by atoms with Crippen LogP contribution in [0.1, 0.15) is 10.4 Å². The molecular formula is C16H13N3O2. The molecule has 2 aromatic carbocycles. The van der Waals surface area contributed by atoms with Crippen LogP contribution in [0.25, 0.3) is 10.9 Å². The zero-order chi connectivity index (χ0) is 14.8. The molecule has 1 amide bonds. The minimum atomic E-state index is -0.504. The quantitative estimate of drug-likeness (QED) is 0.721. The summed E-state index contributed by atoms with van der Waals surface area (Å²) < 4.78 is 5.75. The molecule has 1 aromatic heterocycles. The number of aromatic nitrogens is 1. The minimum absolute atomic E-state index is 0.383. The van der Waals surface area contributed by atoms with Crippen molar-refractivity contribution in [1.82, 2.24) is 4.98 Å². The van der Waals surface area contributed by atoms with E-state index in [-0.39, 0.29) is 0 Å². The Hall–Kier alpha value is -3.08.